The van der Waals surface area contributed by atoms with Gasteiger partial charge in [-0.25, -0.2) is 16.8 Å². The molecule has 1 amide bonds. The van der Waals surface area contributed by atoms with Gasteiger partial charge in [0.05, 0.1) is 16.8 Å². The minimum absolute atomic E-state index is 0.0213. The van der Waals surface area contributed by atoms with Crippen LogP contribution < -0.4 is 14.3 Å². The predicted molar refractivity (Wildman–Crippen MR) is 133 cm³/mol. The molecule has 0 heterocycles. The lowest BCUT2D eigenvalue weighted by Gasteiger charge is -2.23. The molecule has 0 fully saturated rings. The summed E-state index contributed by atoms with van der Waals surface area (Å²) in [4.78, 5) is 12.6. The number of nitrogens with one attached hydrogen (secondary N) is 2. The number of para-hydroxylation sites is 1. The SMILES string of the molecule is Cc1cccc(NS(=O)(=O)c2ccc(NC(=O)CN(c3ccccc3Br)S(C)(=O)=O)cc2)c1. The summed E-state index contributed by atoms with van der Waals surface area (Å²) >= 11 is 3.30. The van der Waals surface area contributed by atoms with Crippen molar-refractivity contribution in [3.63, 3.8) is 0 Å². The maximum Gasteiger partial charge on any atom is 0.261 e. The number of amides is 1. The number of hydrogen-bond acceptors (Lipinski definition) is 5. The summed E-state index contributed by atoms with van der Waals surface area (Å²) in [6.45, 7) is 1.41. The van der Waals surface area contributed by atoms with Crippen LogP contribution in [0.25, 0.3) is 0 Å². The first-order chi connectivity index (χ1) is 15.5. The van der Waals surface area contributed by atoms with Crippen molar-refractivity contribution in [2.75, 3.05) is 27.1 Å². The minimum atomic E-state index is -3.81. The molecule has 0 atom stereocenters. The molecule has 0 aliphatic heterocycles. The molecule has 0 unspecified atom stereocenters. The standard InChI is InChI=1S/C22H22BrN3O5S2/c1-16-6-5-7-18(14-16)25-33(30,31)19-12-10-17(11-13-19)24-22(27)15-26(32(2,28)29)21-9-4-3-8-20(21)23/h3-14,25H,15H2,1-2H3,(H,24,27). The molecule has 0 saturated heterocycles. The van der Waals surface area contributed by atoms with Gasteiger partial charge in [0.25, 0.3) is 10.0 Å². The van der Waals surface area contributed by atoms with Gasteiger partial charge in [-0.15, -0.1) is 0 Å². The van der Waals surface area contributed by atoms with Crippen LogP contribution >= 0.6 is 15.9 Å². The molecule has 174 valence electrons. The first kappa shape index (κ1) is 24.7. The molecule has 0 saturated carbocycles. The predicted octanol–water partition coefficient (Wildman–Crippen LogP) is 3.96. The Morgan fingerprint density at radius 2 is 1.58 bits per heavy atom. The van der Waals surface area contributed by atoms with E-state index in [9.17, 15) is 21.6 Å². The van der Waals surface area contributed by atoms with Gasteiger partial charge in [-0.2, -0.15) is 0 Å². The summed E-state index contributed by atoms with van der Waals surface area (Å²) in [5, 5.41) is 2.59. The van der Waals surface area contributed by atoms with E-state index in [1.54, 1.807) is 42.5 Å². The number of carbonyl (C=O) groups excluding carboxylic acids is 1. The highest BCUT2D eigenvalue weighted by Gasteiger charge is 2.23. The topological polar surface area (TPSA) is 113 Å². The zero-order chi connectivity index (χ0) is 24.2. The third-order valence-corrected chi connectivity index (χ3v) is 7.72. The summed E-state index contributed by atoms with van der Waals surface area (Å²) in [5.41, 5.74) is 2.02. The lowest BCUT2D eigenvalue weighted by atomic mass is 10.2. The summed E-state index contributed by atoms with van der Waals surface area (Å²) in [7, 11) is -7.54. The molecule has 33 heavy (non-hydrogen) atoms. The third-order valence-electron chi connectivity index (χ3n) is 4.53. The maximum absolute atomic E-state index is 12.6. The van der Waals surface area contributed by atoms with Crippen molar-refractivity contribution in [2.24, 2.45) is 0 Å². The molecular formula is C22H22BrN3O5S2. The summed E-state index contributed by atoms with van der Waals surface area (Å²) in [5.74, 6) is -0.579. The number of hydrogen-bond donors (Lipinski definition) is 2. The van der Waals surface area contributed by atoms with Crippen LogP contribution in [0.1, 0.15) is 5.56 Å². The van der Waals surface area contributed by atoms with E-state index in [1.807, 2.05) is 13.0 Å². The first-order valence-corrected chi connectivity index (χ1v) is 13.8. The van der Waals surface area contributed by atoms with Gasteiger partial charge in [0, 0.05) is 15.8 Å². The number of sulfonamides is 2. The highest BCUT2D eigenvalue weighted by molar-refractivity contribution is 9.10. The zero-order valence-electron chi connectivity index (χ0n) is 17.8. The third kappa shape index (κ3) is 6.56. The van der Waals surface area contributed by atoms with Gasteiger partial charge in [-0.1, -0.05) is 24.3 Å². The molecule has 3 aromatic rings. The van der Waals surface area contributed by atoms with Crippen LogP contribution in [0.15, 0.2) is 82.2 Å². The Hall–Kier alpha value is -2.89. The maximum atomic E-state index is 12.6. The lowest BCUT2D eigenvalue weighted by molar-refractivity contribution is -0.114. The molecule has 0 aliphatic carbocycles. The fraction of sp³-hybridized carbons (Fsp3) is 0.136. The highest BCUT2D eigenvalue weighted by Crippen LogP contribution is 2.27. The Labute approximate surface area is 201 Å². The van der Waals surface area contributed by atoms with Gasteiger partial charge >= 0.3 is 0 Å². The van der Waals surface area contributed by atoms with E-state index in [4.69, 9.17) is 0 Å². The van der Waals surface area contributed by atoms with Crippen molar-refractivity contribution in [1.82, 2.24) is 0 Å². The molecule has 3 rings (SSSR count). The van der Waals surface area contributed by atoms with E-state index in [1.165, 1.54) is 24.3 Å². The Kier molecular flexibility index (Phi) is 7.45. The number of halogens is 1. The van der Waals surface area contributed by atoms with E-state index < -0.39 is 32.5 Å². The van der Waals surface area contributed by atoms with Crippen LogP contribution in [0.3, 0.4) is 0 Å². The van der Waals surface area contributed by atoms with Crippen LogP contribution in [0.5, 0.6) is 0 Å². The molecule has 0 spiro atoms. The molecule has 2 N–H and O–H groups in total. The monoisotopic (exact) mass is 551 g/mol. The second-order valence-electron chi connectivity index (χ2n) is 7.27. The number of nitrogens with zero attached hydrogens (tertiary/aromatic N) is 1. The van der Waals surface area contributed by atoms with Crippen molar-refractivity contribution >= 4 is 58.9 Å². The van der Waals surface area contributed by atoms with Crippen LogP contribution in [-0.2, 0) is 24.8 Å². The van der Waals surface area contributed by atoms with Crippen LogP contribution in [0, 0.1) is 6.92 Å². The average Bonchev–Trinajstić information content (AvgIpc) is 2.72. The quantitative estimate of drug-likeness (QED) is 0.440. The number of rotatable bonds is 8. The molecular weight excluding hydrogens is 530 g/mol. The Morgan fingerprint density at radius 3 is 2.18 bits per heavy atom. The number of anilines is 3. The summed E-state index contributed by atoms with van der Waals surface area (Å²) in [6.07, 6.45) is 1.01. The number of benzene rings is 3. The molecule has 0 aliphatic rings. The van der Waals surface area contributed by atoms with Crippen LogP contribution in [0.4, 0.5) is 17.1 Å². The average molecular weight is 552 g/mol. The second-order valence-corrected chi connectivity index (χ2v) is 11.7. The van der Waals surface area contributed by atoms with E-state index in [2.05, 4.69) is 26.0 Å². The zero-order valence-corrected chi connectivity index (χ0v) is 21.0. The second kappa shape index (κ2) is 9.94. The number of aryl methyl sites for hydroxylation is 1. The van der Waals surface area contributed by atoms with Gasteiger partial charge in [0.2, 0.25) is 15.9 Å². The first-order valence-electron chi connectivity index (χ1n) is 9.67. The van der Waals surface area contributed by atoms with Gasteiger partial charge in [0.1, 0.15) is 6.54 Å². The smallest absolute Gasteiger partial charge is 0.261 e. The largest absolute Gasteiger partial charge is 0.325 e. The molecule has 3 aromatic carbocycles. The van der Waals surface area contributed by atoms with Gasteiger partial charge < -0.3 is 5.32 Å². The molecule has 11 heteroatoms. The van der Waals surface area contributed by atoms with Crippen molar-refractivity contribution < 1.29 is 21.6 Å². The fourth-order valence-corrected chi connectivity index (χ4v) is 5.54. The van der Waals surface area contributed by atoms with Crippen molar-refractivity contribution in [3.05, 3.63) is 82.8 Å². The summed E-state index contributed by atoms with van der Waals surface area (Å²) in [6, 6.07) is 19.2. The molecule has 0 bridgehead atoms. The van der Waals surface area contributed by atoms with Crippen molar-refractivity contribution in [1.29, 1.82) is 0 Å². The minimum Gasteiger partial charge on any atom is -0.325 e. The van der Waals surface area contributed by atoms with E-state index >= 15 is 0 Å². The van der Waals surface area contributed by atoms with E-state index in [0.717, 1.165) is 16.1 Å². The molecule has 0 aromatic heterocycles. The van der Waals surface area contributed by atoms with Crippen LogP contribution in [0.2, 0.25) is 0 Å². The molecule has 0 radical (unpaired) electrons. The van der Waals surface area contributed by atoms with E-state index in [0.29, 0.717) is 21.5 Å². The Morgan fingerprint density at radius 1 is 0.909 bits per heavy atom. The van der Waals surface area contributed by atoms with Gasteiger partial charge in [-0.05, 0) is 76.9 Å². The van der Waals surface area contributed by atoms with Crippen molar-refractivity contribution in [3.8, 4) is 0 Å². The fourth-order valence-electron chi connectivity index (χ4n) is 3.01. The summed E-state index contributed by atoms with van der Waals surface area (Å²) < 4.78 is 53.7. The normalized spacial score (nSPS) is 11.6. The van der Waals surface area contributed by atoms with E-state index in [-0.39, 0.29) is 4.90 Å². The Balaban J connectivity index is 1.72. The highest BCUT2D eigenvalue weighted by atomic mass is 79.9. The lowest BCUT2D eigenvalue weighted by Crippen LogP contribution is -2.37. The molecule has 8 nitrogen and oxygen atoms in total. The van der Waals surface area contributed by atoms with Crippen LogP contribution in [-0.4, -0.2) is 35.5 Å². The Bertz CT molecular complexity index is 1380. The van der Waals surface area contributed by atoms with Gasteiger partial charge in [-0.3, -0.25) is 13.8 Å². The number of carbonyl (C=O) groups is 1. The van der Waals surface area contributed by atoms with Gasteiger partial charge in [0.15, 0.2) is 0 Å². The van der Waals surface area contributed by atoms with Crippen molar-refractivity contribution in [2.45, 2.75) is 11.8 Å².